The highest BCUT2D eigenvalue weighted by atomic mass is 16.5. The Bertz CT molecular complexity index is 546. The molecule has 98 valence electrons. The topological polar surface area (TPSA) is 58.6 Å². The quantitative estimate of drug-likeness (QED) is 0.508. The van der Waals surface area contributed by atoms with Crippen molar-refractivity contribution in [2.24, 2.45) is 0 Å². The van der Waals surface area contributed by atoms with Crippen LogP contribution >= 0.6 is 0 Å². The summed E-state index contributed by atoms with van der Waals surface area (Å²) >= 11 is 0. The summed E-state index contributed by atoms with van der Waals surface area (Å²) in [5.74, 6) is 0.387. The van der Waals surface area contributed by atoms with Crippen molar-refractivity contribution in [3.8, 4) is 5.75 Å². The Morgan fingerprint density at radius 2 is 2.00 bits per heavy atom. The standard InChI is InChI=1S/C14H14N2O3/c1-3-8-16-13(17)12(15-14(16)18)9-10-4-6-11(19-2)7-5-10/h3-7,9H,1,8H2,2H3,(H,15,18)/b12-9+. The third-order valence-corrected chi connectivity index (χ3v) is 2.70. The molecule has 0 spiro atoms. The first kappa shape index (κ1) is 12.9. The van der Waals surface area contributed by atoms with Gasteiger partial charge in [-0.15, -0.1) is 6.58 Å². The summed E-state index contributed by atoms with van der Waals surface area (Å²) in [5.41, 5.74) is 1.07. The zero-order valence-electron chi connectivity index (χ0n) is 10.6. The summed E-state index contributed by atoms with van der Waals surface area (Å²) in [7, 11) is 1.58. The molecule has 0 unspecified atom stereocenters. The van der Waals surface area contributed by atoms with Gasteiger partial charge >= 0.3 is 6.03 Å². The number of hydrogen-bond acceptors (Lipinski definition) is 3. The van der Waals surface area contributed by atoms with Crippen molar-refractivity contribution < 1.29 is 14.3 Å². The van der Waals surface area contributed by atoms with Crippen LogP contribution < -0.4 is 10.1 Å². The first-order valence-corrected chi connectivity index (χ1v) is 5.75. The molecule has 2 rings (SSSR count). The van der Waals surface area contributed by atoms with Gasteiger partial charge in [-0.3, -0.25) is 9.69 Å². The molecule has 1 aliphatic rings. The van der Waals surface area contributed by atoms with Gasteiger partial charge < -0.3 is 10.1 Å². The zero-order chi connectivity index (χ0) is 13.8. The molecule has 19 heavy (non-hydrogen) atoms. The van der Waals surface area contributed by atoms with Gasteiger partial charge in [-0.05, 0) is 23.8 Å². The van der Waals surface area contributed by atoms with Crippen molar-refractivity contribution in [2.75, 3.05) is 13.7 Å². The van der Waals surface area contributed by atoms with Crippen LogP contribution in [0.1, 0.15) is 5.56 Å². The second-order valence-electron chi connectivity index (χ2n) is 3.97. The highest BCUT2D eigenvalue weighted by Gasteiger charge is 2.32. The van der Waals surface area contributed by atoms with Crippen molar-refractivity contribution in [1.82, 2.24) is 10.2 Å². The Kier molecular flexibility index (Phi) is 3.66. The van der Waals surface area contributed by atoms with E-state index in [1.807, 2.05) is 0 Å². The van der Waals surface area contributed by atoms with Gasteiger partial charge in [0.25, 0.3) is 5.91 Å². The van der Waals surface area contributed by atoms with Crippen LogP contribution in [0.3, 0.4) is 0 Å². The van der Waals surface area contributed by atoms with Crippen molar-refractivity contribution in [2.45, 2.75) is 0 Å². The Morgan fingerprint density at radius 3 is 2.58 bits per heavy atom. The molecule has 0 saturated carbocycles. The molecule has 5 heteroatoms. The second kappa shape index (κ2) is 5.39. The number of ether oxygens (including phenoxy) is 1. The molecular formula is C14H14N2O3. The number of hydrogen-bond donors (Lipinski definition) is 1. The summed E-state index contributed by atoms with van der Waals surface area (Å²) in [6.45, 7) is 3.71. The maximum atomic E-state index is 11.9. The van der Waals surface area contributed by atoms with Crippen molar-refractivity contribution in [3.63, 3.8) is 0 Å². The average molecular weight is 258 g/mol. The fourth-order valence-corrected chi connectivity index (χ4v) is 1.73. The fourth-order valence-electron chi connectivity index (χ4n) is 1.73. The maximum absolute atomic E-state index is 11.9. The lowest BCUT2D eigenvalue weighted by Gasteiger charge is -2.06. The summed E-state index contributed by atoms with van der Waals surface area (Å²) in [6, 6.07) is 6.76. The molecular weight excluding hydrogens is 244 g/mol. The number of nitrogens with zero attached hydrogens (tertiary/aromatic N) is 1. The van der Waals surface area contributed by atoms with Crippen LogP contribution in [0.4, 0.5) is 4.79 Å². The van der Waals surface area contributed by atoms with Crippen molar-refractivity contribution in [1.29, 1.82) is 0 Å². The average Bonchev–Trinajstić information content (AvgIpc) is 2.68. The molecule has 0 aliphatic carbocycles. The molecule has 1 aliphatic heterocycles. The molecule has 1 fully saturated rings. The highest BCUT2D eigenvalue weighted by molar-refractivity contribution is 6.14. The van der Waals surface area contributed by atoms with Crippen LogP contribution in [0.2, 0.25) is 0 Å². The van der Waals surface area contributed by atoms with Crippen LogP contribution in [-0.4, -0.2) is 30.5 Å². The molecule has 0 atom stereocenters. The van der Waals surface area contributed by atoms with Gasteiger partial charge in [0.15, 0.2) is 0 Å². The van der Waals surface area contributed by atoms with E-state index in [2.05, 4.69) is 11.9 Å². The van der Waals surface area contributed by atoms with Gasteiger partial charge in [-0.25, -0.2) is 4.79 Å². The normalized spacial score (nSPS) is 16.7. The van der Waals surface area contributed by atoms with E-state index >= 15 is 0 Å². The predicted octanol–water partition coefficient (Wildman–Crippen LogP) is 1.77. The van der Waals surface area contributed by atoms with E-state index in [-0.39, 0.29) is 18.1 Å². The molecule has 5 nitrogen and oxygen atoms in total. The number of amides is 3. The number of imide groups is 1. The first-order valence-electron chi connectivity index (χ1n) is 5.75. The molecule has 3 amide bonds. The number of urea groups is 1. The van der Waals surface area contributed by atoms with Crippen LogP contribution in [0.15, 0.2) is 42.6 Å². The minimum absolute atomic E-state index is 0.199. The maximum Gasteiger partial charge on any atom is 0.329 e. The molecule has 0 aromatic heterocycles. The lowest BCUT2D eigenvalue weighted by atomic mass is 10.2. The van der Waals surface area contributed by atoms with Gasteiger partial charge in [0.2, 0.25) is 0 Å². The zero-order valence-corrected chi connectivity index (χ0v) is 10.6. The highest BCUT2D eigenvalue weighted by Crippen LogP contribution is 2.16. The smallest absolute Gasteiger partial charge is 0.329 e. The Balaban J connectivity index is 2.21. The third-order valence-electron chi connectivity index (χ3n) is 2.70. The Morgan fingerprint density at radius 1 is 1.32 bits per heavy atom. The molecule has 1 N–H and O–H groups in total. The predicted molar refractivity (Wildman–Crippen MR) is 71.4 cm³/mol. The van der Waals surface area contributed by atoms with E-state index in [0.29, 0.717) is 0 Å². The monoisotopic (exact) mass is 258 g/mol. The van der Waals surface area contributed by atoms with Gasteiger partial charge in [-0.2, -0.15) is 0 Å². The number of carbonyl (C=O) groups is 2. The van der Waals surface area contributed by atoms with E-state index < -0.39 is 6.03 Å². The van der Waals surface area contributed by atoms with Crippen molar-refractivity contribution >= 4 is 18.0 Å². The van der Waals surface area contributed by atoms with E-state index in [4.69, 9.17) is 4.74 Å². The largest absolute Gasteiger partial charge is 0.497 e. The molecule has 0 bridgehead atoms. The first-order chi connectivity index (χ1) is 9.15. The van der Waals surface area contributed by atoms with Crippen LogP contribution in [0.25, 0.3) is 6.08 Å². The number of rotatable bonds is 4. The minimum atomic E-state index is -0.426. The lowest BCUT2D eigenvalue weighted by Crippen LogP contribution is -2.30. The van der Waals surface area contributed by atoms with Crippen LogP contribution in [0.5, 0.6) is 5.75 Å². The summed E-state index contributed by atoms with van der Waals surface area (Å²) < 4.78 is 5.05. The number of benzene rings is 1. The Labute approximate surface area is 111 Å². The van der Waals surface area contributed by atoms with Gasteiger partial charge in [0.05, 0.1) is 7.11 Å². The molecule has 1 aromatic carbocycles. The third kappa shape index (κ3) is 2.65. The lowest BCUT2D eigenvalue weighted by molar-refractivity contribution is -0.122. The van der Waals surface area contributed by atoms with E-state index in [1.54, 1.807) is 37.5 Å². The molecule has 0 radical (unpaired) electrons. The van der Waals surface area contributed by atoms with E-state index in [0.717, 1.165) is 16.2 Å². The summed E-state index contributed by atoms with van der Waals surface area (Å²) in [5, 5.41) is 2.54. The molecule has 1 aromatic rings. The van der Waals surface area contributed by atoms with Gasteiger partial charge in [0, 0.05) is 6.54 Å². The molecule has 1 saturated heterocycles. The van der Waals surface area contributed by atoms with Gasteiger partial charge in [-0.1, -0.05) is 18.2 Å². The van der Waals surface area contributed by atoms with Crippen LogP contribution in [-0.2, 0) is 4.79 Å². The summed E-state index contributed by atoms with van der Waals surface area (Å²) in [6.07, 6.45) is 3.14. The molecule has 1 heterocycles. The Hall–Kier alpha value is -2.56. The van der Waals surface area contributed by atoms with E-state index in [1.165, 1.54) is 6.08 Å². The number of carbonyl (C=O) groups excluding carboxylic acids is 2. The minimum Gasteiger partial charge on any atom is -0.497 e. The number of nitrogens with one attached hydrogen (secondary N) is 1. The second-order valence-corrected chi connectivity index (χ2v) is 3.97. The van der Waals surface area contributed by atoms with Crippen molar-refractivity contribution in [3.05, 3.63) is 48.2 Å². The fraction of sp³-hybridized carbons (Fsp3) is 0.143. The summed E-state index contributed by atoms with van der Waals surface area (Å²) in [4.78, 5) is 24.6. The number of methoxy groups -OCH3 is 1. The SMILES string of the molecule is C=CCN1C(=O)N/C(=C/c2ccc(OC)cc2)C1=O. The van der Waals surface area contributed by atoms with Gasteiger partial charge in [0.1, 0.15) is 11.4 Å². The van der Waals surface area contributed by atoms with Crippen LogP contribution in [0, 0.1) is 0 Å². The van der Waals surface area contributed by atoms with E-state index in [9.17, 15) is 9.59 Å².